The van der Waals surface area contributed by atoms with Crippen molar-refractivity contribution in [2.45, 2.75) is 18.9 Å². The largest absolute Gasteiger partial charge is 0.387 e. The highest BCUT2D eigenvalue weighted by Gasteiger charge is 2.08. The normalized spacial score (nSPS) is 12.6. The number of aliphatic hydroxyl groups is 1. The smallest absolute Gasteiger partial charge is 0.0963 e. The molecule has 0 bridgehead atoms. The van der Waals surface area contributed by atoms with Gasteiger partial charge in [-0.2, -0.15) is 0 Å². The number of pyridine rings is 1. The molecule has 0 radical (unpaired) electrons. The van der Waals surface area contributed by atoms with Crippen molar-refractivity contribution in [1.82, 2.24) is 4.98 Å². The molecule has 0 spiro atoms. The average molecular weight is 213 g/mol. The molecule has 1 aromatic heterocycles. The molecule has 1 heterocycles. The Kier molecular flexibility index (Phi) is 3.32. The minimum absolute atomic E-state index is 0.498. The van der Waals surface area contributed by atoms with Crippen molar-refractivity contribution in [3.05, 3.63) is 54.7 Å². The summed E-state index contributed by atoms with van der Waals surface area (Å²) in [5.74, 6) is 0. The molecule has 0 saturated heterocycles. The lowest BCUT2D eigenvalue weighted by molar-refractivity contribution is 0.164. The number of rotatable bonds is 4. The zero-order valence-corrected chi connectivity index (χ0v) is 9.13. The molecule has 2 heteroatoms. The molecular formula is C14H15NO. The van der Waals surface area contributed by atoms with Crippen LogP contribution in [0.3, 0.4) is 0 Å². The highest BCUT2D eigenvalue weighted by atomic mass is 16.3. The Morgan fingerprint density at radius 1 is 1.25 bits per heavy atom. The van der Waals surface area contributed by atoms with Gasteiger partial charge in [0, 0.05) is 5.39 Å². The monoisotopic (exact) mass is 213 g/mol. The molecule has 2 rings (SSSR count). The third-order valence-electron chi connectivity index (χ3n) is 2.61. The summed E-state index contributed by atoms with van der Waals surface area (Å²) in [6.07, 6.45) is 2.79. The maximum Gasteiger partial charge on any atom is 0.0963 e. The van der Waals surface area contributed by atoms with Gasteiger partial charge >= 0.3 is 0 Å². The van der Waals surface area contributed by atoms with E-state index in [-0.39, 0.29) is 0 Å². The van der Waals surface area contributed by atoms with Crippen LogP contribution < -0.4 is 0 Å². The highest BCUT2D eigenvalue weighted by Crippen LogP contribution is 2.19. The van der Waals surface area contributed by atoms with Crippen molar-refractivity contribution in [2.75, 3.05) is 0 Å². The van der Waals surface area contributed by atoms with Crippen LogP contribution >= 0.6 is 0 Å². The zero-order valence-electron chi connectivity index (χ0n) is 9.13. The van der Waals surface area contributed by atoms with Crippen LogP contribution in [0.25, 0.3) is 10.9 Å². The first-order chi connectivity index (χ1) is 7.81. The fraction of sp³-hybridized carbons (Fsp3) is 0.214. The number of benzene rings is 1. The second-order valence-corrected chi connectivity index (χ2v) is 3.81. The Morgan fingerprint density at radius 2 is 2.06 bits per heavy atom. The molecule has 0 aliphatic carbocycles. The SMILES string of the molecule is C=CCCC(O)c1ccc2ccccc2n1. The molecule has 1 aromatic carbocycles. The van der Waals surface area contributed by atoms with Gasteiger partial charge in [0.25, 0.3) is 0 Å². The van der Waals surface area contributed by atoms with E-state index in [1.54, 1.807) is 0 Å². The van der Waals surface area contributed by atoms with Gasteiger partial charge in [-0.3, -0.25) is 4.98 Å². The Morgan fingerprint density at radius 3 is 2.88 bits per heavy atom. The quantitative estimate of drug-likeness (QED) is 0.791. The molecule has 2 aromatic rings. The standard InChI is InChI=1S/C14H15NO/c1-2-3-8-14(16)13-10-9-11-6-4-5-7-12(11)15-13/h2,4-7,9-10,14,16H,1,3,8H2. The highest BCUT2D eigenvalue weighted by molar-refractivity contribution is 5.78. The van der Waals surface area contributed by atoms with Gasteiger partial charge in [-0.1, -0.05) is 30.3 Å². The molecule has 82 valence electrons. The van der Waals surface area contributed by atoms with E-state index in [4.69, 9.17) is 0 Å². The first-order valence-corrected chi connectivity index (χ1v) is 5.46. The maximum atomic E-state index is 9.90. The van der Waals surface area contributed by atoms with Crippen molar-refractivity contribution in [3.63, 3.8) is 0 Å². The number of hydrogen-bond donors (Lipinski definition) is 1. The molecule has 1 atom stereocenters. The van der Waals surface area contributed by atoms with Gasteiger partial charge in [-0.05, 0) is 25.0 Å². The summed E-state index contributed by atoms with van der Waals surface area (Å²) in [6.45, 7) is 3.64. The van der Waals surface area contributed by atoms with Crippen LogP contribution in [0.1, 0.15) is 24.6 Å². The van der Waals surface area contributed by atoms with Crippen molar-refractivity contribution in [2.24, 2.45) is 0 Å². The third-order valence-corrected chi connectivity index (χ3v) is 2.61. The first kappa shape index (κ1) is 10.8. The van der Waals surface area contributed by atoms with Gasteiger partial charge < -0.3 is 5.11 Å². The lowest BCUT2D eigenvalue weighted by atomic mass is 10.1. The number of allylic oxidation sites excluding steroid dienone is 1. The fourth-order valence-electron chi connectivity index (χ4n) is 1.69. The summed E-state index contributed by atoms with van der Waals surface area (Å²) >= 11 is 0. The Bertz CT molecular complexity index is 493. The summed E-state index contributed by atoms with van der Waals surface area (Å²) in [5.41, 5.74) is 1.67. The minimum atomic E-state index is -0.498. The van der Waals surface area contributed by atoms with E-state index >= 15 is 0 Å². The van der Waals surface area contributed by atoms with Crippen LogP contribution in [0, 0.1) is 0 Å². The molecule has 0 fully saturated rings. The summed E-state index contributed by atoms with van der Waals surface area (Å²) in [5, 5.41) is 11.0. The topological polar surface area (TPSA) is 33.1 Å². The van der Waals surface area contributed by atoms with E-state index in [1.807, 2.05) is 42.5 Å². The number of fused-ring (bicyclic) bond motifs is 1. The molecule has 1 unspecified atom stereocenters. The number of hydrogen-bond acceptors (Lipinski definition) is 2. The van der Waals surface area contributed by atoms with Crippen LogP contribution in [-0.4, -0.2) is 10.1 Å². The lowest BCUT2D eigenvalue weighted by Crippen LogP contribution is -1.99. The van der Waals surface area contributed by atoms with Crippen LogP contribution in [0.2, 0.25) is 0 Å². The second-order valence-electron chi connectivity index (χ2n) is 3.81. The van der Waals surface area contributed by atoms with Crippen LogP contribution in [0.5, 0.6) is 0 Å². The third kappa shape index (κ3) is 2.28. The summed E-state index contributed by atoms with van der Waals surface area (Å²) in [6, 6.07) is 11.8. The van der Waals surface area contributed by atoms with Gasteiger partial charge in [0.15, 0.2) is 0 Å². The molecular weight excluding hydrogens is 198 g/mol. The van der Waals surface area contributed by atoms with Gasteiger partial charge in [-0.15, -0.1) is 6.58 Å². The van der Waals surface area contributed by atoms with Crippen LogP contribution in [-0.2, 0) is 0 Å². The van der Waals surface area contributed by atoms with E-state index < -0.39 is 6.10 Å². The van der Waals surface area contributed by atoms with Crippen molar-refractivity contribution >= 4 is 10.9 Å². The number of aliphatic hydroxyl groups excluding tert-OH is 1. The summed E-state index contributed by atoms with van der Waals surface area (Å²) < 4.78 is 0. The van der Waals surface area contributed by atoms with Crippen LogP contribution in [0.15, 0.2) is 49.1 Å². The van der Waals surface area contributed by atoms with E-state index in [2.05, 4.69) is 11.6 Å². The number of nitrogens with zero attached hydrogens (tertiary/aromatic N) is 1. The van der Waals surface area contributed by atoms with E-state index in [1.165, 1.54) is 0 Å². The van der Waals surface area contributed by atoms with E-state index in [0.29, 0.717) is 6.42 Å². The molecule has 0 aliphatic heterocycles. The first-order valence-electron chi connectivity index (χ1n) is 5.46. The van der Waals surface area contributed by atoms with Crippen molar-refractivity contribution in [3.8, 4) is 0 Å². The molecule has 0 saturated carbocycles. The summed E-state index contributed by atoms with van der Waals surface area (Å²) in [7, 11) is 0. The Balaban J connectivity index is 2.28. The predicted molar refractivity (Wildman–Crippen MR) is 66.1 cm³/mol. The number of para-hydroxylation sites is 1. The molecule has 16 heavy (non-hydrogen) atoms. The lowest BCUT2D eigenvalue weighted by Gasteiger charge is -2.09. The minimum Gasteiger partial charge on any atom is -0.387 e. The average Bonchev–Trinajstić information content (AvgIpc) is 2.35. The van der Waals surface area contributed by atoms with Crippen LogP contribution in [0.4, 0.5) is 0 Å². The van der Waals surface area contributed by atoms with E-state index in [0.717, 1.165) is 23.0 Å². The fourth-order valence-corrected chi connectivity index (χ4v) is 1.69. The Hall–Kier alpha value is -1.67. The van der Waals surface area contributed by atoms with Crippen molar-refractivity contribution in [1.29, 1.82) is 0 Å². The number of aromatic nitrogens is 1. The van der Waals surface area contributed by atoms with Crippen molar-refractivity contribution < 1.29 is 5.11 Å². The maximum absolute atomic E-state index is 9.90. The molecule has 0 amide bonds. The van der Waals surface area contributed by atoms with E-state index in [9.17, 15) is 5.11 Å². The molecule has 0 aliphatic rings. The Labute approximate surface area is 95.3 Å². The van der Waals surface area contributed by atoms with Gasteiger partial charge in [0.2, 0.25) is 0 Å². The van der Waals surface area contributed by atoms with Gasteiger partial charge in [0.05, 0.1) is 17.3 Å². The molecule has 2 nitrogen and oxygen atoms in total. The van der Waals surface area contributed by atoms with Gasteiger partial charge in [-0.25, -0.2) is 0 Å². The second kappa shape index (κ2) is 4.90. The van der Waals surface area contributed by atoms with Gasteiger partial charge in [0.1, 0.15) is 0 Å². The molecule has 1 N–H and O–H groups in total. The predicted octanol–water partition coefficient (Wildman–Crippen LogP) is 3.23. The zero-order chi connectivity index (χ0) is 11.4. The summed E-state index contributed by atoms with van der Waals surface area (Å²) in [4.78, 5) is 4.44.